The minimum atomic E-state index is -0.786. The SMILES string of the molecule is CCCC[C@H](C)[C@H](OCc1ccccc1)C(C)C(=O)O. The number of aliphatic carboxylic acids is 1. The zero-order valence-electron chi connectivity index (χ0n) is 12.7. The van der Waals surface area contributed by atoms with Crippen molar-refractivity contribution in [3.8, 4) is 0 Å². The van der Waals surface area contributed by atoms with Gasteiger partial charge in [0.05, 0.1) is 18.6 Å². The minimum absolute atomic E-state index is 0.237. The molecule has 0 heterocycles. The monoisotopic (exact) mass is 278 g/mol. The average molecular weight is 278 g/mol. The third-order valence-electron chi connectivity index (χ3n) is 3.74. The fraction of sp³-hybridized carbons (Fsp3) is 0.588. The second-order valence-electron chi connectivity index (χ2n) is 5.51. The number of carboxylic acids is 1. The molecule has 0 amide bonds. The zero-order chi connectivity index (χ0) is 15.0. The Morgan fingerprint density at radius 3 is 2.45 bits per heavy atom. The number of unbranched alkanes of at least 4 members (excludes halogenated alkanes) is 1. The minimum Gasteiger partial charge on any atom is -0.481 e. The maximum atomic E-state index is 11.3. The third-order valence-corrected chi connectivity index (χ3v) is 3.74. The zero-order valence-corrected chi connectivity index (χ0v) is 12.7. The number of rotatable bonds is 9. The first-order valence-electron chi connectivity index (χ1n) is 7.44. The Kier molecular flexibility index (Phi) is 7.31. The van der Waals surface area contributed by atoms with E-state index in [2.05, 4.69) is 13.8 Å². The topological polar surface area (TPSA) is 46.5 Å². The fourth-order valence-electron chi connectivity index (χ4n) is 2.40. The first-order chi connectivity index (χ1) is 9.56. The molecule has 3 heteroatoms. The molecule has 1 unspecified atom stereocenters. The van der Waals surface area contributed by atoms with Gasteiger partial charge in [0, 0.05) is 0 Å². The first-order valence-corrected chi connectivity index (χ1v) is 7.44. The maximum absolute atomic E-state index is 11.3. The van der Waals surface area contributed by atoms with Crippen LogP contribution in [0.2, 0.25) is 0 Å². The quantitative estimate of drug-likeness (QED) is 0.739. The summed E-state index contributed by atoms with van der Waals surface area (Å²) in [6, 6.07) is 9.90. The van der Waals surface area contributed by atoms with Crippen molar-refractivity contribution in [1.29, 1.82) is 0 Å². The summed E-state index contributed by atoms with van der Waals surface area (Å²) >= 11 is 0. The van der Waals surface area contributed by atoms with Gasteiger partial charge in [0.15, 0.2) is 0 Å². The lowest BCUT2D eigenvalue weighted by Gasteiger charge is -2.27. The van der Waals surface area contributed by atoms with E-state index in [0.717, 1.165) is 24.8 Å². The van der Waals surface area contributed by atoms with Crippen LogP contribution in [0.3, 0.4) is 0 Å². The average Bonchev–Trinajstić information content (AvgIpc) is 2.46. The molecule has 0 saturated carbocycles. The van der Waals surface area contributed by atoms with Crippen LogP contribution in [0.1, 0.15) is 45.6 Å². The van der Waals surface area contributed by atoms with Crippen molar-refractivity contribution in [3.05, 3.63) is 35.9 Å². The van der Waals surface area contributed by atoms with Crippen molar-refractivity contribution in [2.24, 2.45) is 11.8 Å². The summed E-state index contributed by atoms with van der Waals surface area (Å²) in [6.45, 7) is 6.44. The lowest BCUT2D eigenvalue weighted by Crippen LogP contribution is -2.34. The first kappa shape index (κ1) is 16.7. The van der Waals surface area contributed by atoms with Gasteiger partial charge >= 0.3 is 5.97 Å². The van der Waals surface area contributed by atoms with Crippen molar-refractivity contribution in [2.75, 3.05) is 0 Å². The van der Waals surface area contributed by atoms with Crippen LogP contribution < -0.4 is 0 Å². The molecule has 1 aromatic carbocycles. The normalized spacial score (nSPS) is 15.6. The largest absolute Gasteiger partial charge is 0.481 e. The van der Waals surface area contributed by atoms with Crippen LogP contribution in [0.15, 0.2) is 30.3 Å². The van der Waals surface area contributed by atoms with Crippen LogP contribution in [0.5, 0.6) is 0 Å². The summed E-state index contributed by atoms with van der Waals surface area (Å²) in [5, 5.41) is 9.24. The number of hydrogen-bond donors (Lipinski definition) is 1. The fourth-order valence-corrected chi connectivity index (χ4v) is 2.40. The van der Waals surface area contributed by atoms with E-state index in [1.807, 2.05) is 30.3 Å². The molecule has 0 radical (unpaired) electrons. The van der Waals surface area contributed by atoms with E-state index in [1.54, 1.807) is 6.92 Å². The summed E-state index contributed by atoms with van der Waals surface area (Å²) < 4.78 is 5.93. The van der Waals surface area contributed by atoms with Gasteiger partial charge in [0.2, 0.25) is 0 Å². The van der Waals surface area contributed by atoms with E-state index in [0.29, 0.717) is 6.61 Å². The predicted molar refractivity (Wildman–Crippen MR) is 80.5 cm³/mol. The van der Waals surface area contributed by atoms with Crippen LogP contribution in [0, 0.1) is 11.8 Å². The molecule has 0 bridgehead atoms. The Morgan fingerprint density at radius 2 is 1.90 bits per heavy atom. The standard InChI is InChI=1S/C17H26O3/c1-4-5-9-13(2)16(14(3)17(18)19)20-12-15-10-7-6-8-11-15/h6-8,10-11,13-14,16H,4-5,9,12H2,1-3H3,(H,18,19)/t13-,14?,16-/m0/s1. The van der Waals surface area contributed by atoms with E-state index in [9.17, 15) is 9.90 Å². The molecule has 0 aliphatic rings. The summed E-state index contributed by atoms with van der Waals surface area (Å²) in [4.78, 5) is 11.3. The smallest absolute Gasteiger partial charge is 0.308 e. The molecule has 0 saturated heterocycles. The number of carboxylic acid groups (broad SMARTS) is 1. The Balaban J connectivity index is 2.64. The summed E-state index contributed by atoms with van der Waals surface area (Å²) in [5.74, 6) is -1.01. The molecule has 1 aromatic rings. The Labute approximate surface area is 122 Å². The van der Waals surface area contributed by atoms with Gasteiger partial charge in [-0.25, -0.2) is 0 Å². The van der Waals surface area contributed by atoms with E-state index >= 15 is 0 Å². The van der Waals surface area contributed by atoms with Crippen molar-refractivity contribution < 1.29 is 14.6 Å². The molecule has 3 atom stereocenters. The highest BCUT2D eigenvalue weighted by Gasteiger charge is 2.29. The maximum Gasteiger partial charge on any atom is 0.308 e. The number of carbonyl (C=O) groups is 1. The van der Waals surface area contributed by atoms with Gasteiger partial charge in [-0.15, -0.1) is 0 Å². The molecule has 3 nitrogen and oxygen atoms in total. The molecule has 0 spiro atoms. The van der Waals surface area contributed by atoms with Crippen molar-refractivity contribution in [3.63, 3.8) is 0 Å². The van der Waals surface area contributed by atoms with E-state index in [4.69, 9.17) is 4.74 Å². The van der Waals surface area contributed by atoms with E-state index in [-0.39, 0.29) is 12.0 Å². The Hall–Kier alpha value is -1.35. The number of benzene rings is 1. The van der Waals surface area contributed by atoms with Gasteiger partial charge in [0.1, 0.15) is 0 Å². The highest BCUT2D eigenvalue weighted by Crippen LogP contribution is 2.23. The lowest BCUT2D eigenvalue weighted by molar-refractivity contribution is -0.149. The van der Waals surface area contributed by atoms with Gasteiger partial charge in [-0.3, -0.25) is 4.79 Å². The van der Waals surface area contributed by atoms with E-state index in [1.165, 1.54) is 0 Å². The highest BCUT2D eigenvalue weighted by molar-refractivity contribution is 5.70. The van der Waals surface area contributed by atoms with Crippen molar-refractivity contribution in [2.45, 2.75) is 52.7 Å². The van der Waals surface area contributed by atoms with Crippen LogP contribution in [0.4, 0.5) is 0 Å². The molecule has 1 rings (SSSR count). The second kappa shape index (κ2) is 8.75. The second-order valence-corrected chi connectivity index (χ2v) is 5.51. The molecule has 0 aliphatic heterocycles. The summed E-state index contributed by atoms with van der Waals surface area (Å²) in [6.07, 6.45) is 3.00. The Bertz CT molecular complexity index is 388. The van der Waals surface area contributed by atoms with Gasteiger partial charge in [-0.1, -0.05) is 57.0 Å². The third kappa shape index (κ3) is 5.33. The summed E-state index contributed by atoms with van der Waals surface area (Å²) in [7, 11) is 0. The molecule has 0 aromatic heterocycles. The molecule has 0 aliphatic carbocycles. The van der Waals surface area contributed by atoms with Gasteiger partial charge < -0.3 is 9.84 Å². The highest BCUT2D eigenvalue weighted by atomic mass is 16.5. The molecule has 0 fully saturated rings. The Morgan fingerprint density at radius 1 is 1.25 bits per heavy atom. The molecule has 1 N–H and O–H groups in total. The van der Waals surface area contributed by atoms with Crippen LogP contribution in [-0.4, -0.2) is 17.2 Å². The summed E-state index contributed by atoms with van der Waals surface area (Å²) in [5.41, 5.74) is 1.08. The van der Waals surface area contributed by atoms with Gasteiger partial charge in [-0.2, -0.15) is 0 Å². The predicted octanol–water partition coefficient (Wildman–Crippen LogP) is 4.12. The van der Waals surface area contributed by atoms with Gasteiger partial charge in [0.25, 0.3) is 0 Å². The van der Waals surface area contributed by atoms with Crippen LogP contribution in [0.25, 0.3) is 0 Å². The van der Waals surface area contributed by atoms with Crippen molar-refractivity contribution in [1.82, 2.24) is 0 Å². The van der Waals surface area contributed by atoms with Crippen LogP contribution in [-0.2, 0) is 16.1 Å². The number of ether oxygens (including phenoxy) is 1. The molecule has 20 heavy (non-hydrogen) atoms. The number of hydrogen-bond acceptors (Lipinski definition) is 2. The molecular formula is C17H26O3. The van der Waals surface area contributed by atoms with Crippen molar-refractivity contribution >= 4 is 5.97 Å². The lowest BCUT2D eigenvalue weighted by atomic mass is 9.89. The molecular weight excluding hydrogens is 252 g/mol. The molecule has 112 valence electrons. The van der Waals surface area contributed by atoms with E-state index < -0.39 is 11.9 Å². The van der Waals surface area contributed by atoms with Crippen LogP contribution >= 0.6 is 0 Å². The van der Waals surface area contributed by atoms with Gasteiger partial charge in [-0.05, 0) is 24.8 Å².